The molecule has 0 heterocycles. The molecular weight excluding hydrogens is 208 g/mol. The van der Waals surface area contributed by atoms with Crippen LogP contribution in [0.3, 0.4) is 0 Å². The van der Waals surface area contributed by atoms with Gasteiger partial charge in [-0.2, -0.15) is 0 Å². The Kier molecular flexibility index (Phi) is 5.27. The quantitative estimate of drug-likeness (QED) is 0.328. The average molecular weight is 220 g/mol. The van der Waals surface area contributed by atoms with Gasteiger partial charge >= 0.3 is 11.9 Å². The first-order valence-corrected chi connectivity index (χ1v) is 4.00. The Labute approximate surface area is 84.7 Å². The van der Waals surface area contributed by atoms with Crippen LogP contribution in [0.1, 0.15) is 6.42 Å². The third kappa shape index (κ3) is 4.93. The Morgan fingerprint density at radius 1 is 1.27 bits per heavy atom. The zero-order valence-corrected chi connectivity index (χ0v) is 7.71. The summed E-state index contributed by atoms with van der Waals surface area (Å²) >= 11 is 0. The van der Waals surface area contributed by atoms with Crippen LogP contribution in [0.4, 0.5) is 0 Å². The molecule has 0 bridgehead atoms. The molecule has 0 rings (SSSR count). The summed E-state index contributed by atoms with van der Waals surface area (Å²) in [4.78, 5) is 31.8. The number of amides is 1. The van der Waals surface area contributed by atoms with E-state index in [2.05, 4.69) is 0 Å². The number of carbonyl (C=O) groups excluding carboxylic acids is 1. The van der Waals surface area contributed by atoms with E-state index in [1.54, 1.807) is 0 Å². The number of carbonyl (C=O) groups is 3. The van der Waals surface area contributed by atoms with Crippen molar-refractivity contribution in [1.29, 1.82) is 0 Å². The van der Waals surface area contributed by atoms with E-state index in [4.69, 9.17) is 21.1 Å². The van der Waals surface area contributed by atoms with Gasteiger partial charge in [-0.15, -0.1) is 0 Å². The molecule has 15 heavy (non-hydrogen) atoms. The summed E-state index contributed by atoms with van der Waals surface area (Å²) < 4.78 is 0. The van der Waals surface area contributed by atoms with Crippen molar-refractivity contribution in [2.75, 3.05) is 6.61 Å². The molecule has 0 aliphatic heterocycles. The predicted molar refractivity (Wildman–Crippen MR) is 46.9 cm³/mol. The van der Waals surface area contributed by atoms with Crippen LogP contribution in [0.5, 0.6) is 0 Å². The molecule has 0 aliphatic rings. The Hall–Kier alpha value is -1.67. The summed E-state index contributed by atoms with van der Waals surface area (Å²) in [6.07, 6.45) is -0.751. The maximum Gasteiger partial charge on any atom is 0.326 e. The monoisotopic (exact) mass is 220 g/mol. The molecule has 0 saturated heterocycles. The number of aliphatic carboxylic acids is 2. The van der Waals surface area contributed by atoms with Gasteiger partial charge in [0.25, 0.3) is 0 Å². The minimum Gasteiger partial charge on any atom is -0.481 e. The van der Waals surface area contributed by atoms with Crippen molar-refractivity contribution in [3.8, 4) is 0 Å². The lowest BCUT2D eigenvalue weighted by atomic mass is 10.2. The molecule has 0 saturated carbocycles. The highest BCUT2D eigenvalue weighted by Gasteiger charge is 2.25. The maximum absolute atomic E-state index is 11.0. The second-order valence-electron chi connectivity index (χ2n) is 2.79. The normalized spacial score (nSPS) is 14.0. The van der Waals surface area contributed by atoms with Gasteiger partial charge in [0.15, 0.2) is 0 Å². The number of carboxylic acids is 2. The van der Waals surface area contributed by atoms with Crippen molar-refractivity contribution < 1.29 is 29.7 Å². The molecule has 0 spiro atoms. The Morgan fingerprint density at radius 2 is 1.80 bits per heavy atom. The van der Waals surface area contributed by atoms with Crippen LogP contribution in [0, 0.1) is 0 Å². The molecular formula is C7H12N2O6. The fourth-order valence-electron chi connectivity index (χ4n) is 0.736. The smallest absolute Gasteiger partial charge is 0.326 e. The SMILES string of the molecule is NC(CO)C(=O)NC(CC(=O)O)C(=O)O. The zero-order chi connectivity index (χ0) is 12.0. The van der Waals surface area contributed by atoms with Gasteiger partial charge in [0.2, 0.25) is 5.91 Å². The van der Waals surface area contributed by atoms with Crippen LogP contribution in [-0.2, 0) is 14.4 Å². The summed E-state index contributed by atoms with van der Waals surface area (Å²) in [7, 11) is 0. The van der Waals surface area contributed by atoms with Crippen molar-refractivity contribution in [1.82, 2.24) is 5.32 Å². The molecule has 2 unspecified atom stereocenters. The third-order valence-corrected chi connectivity index (χ3v) is 1.53. The number of nitrogens with one attached hydrogen (secondary N) is 1. The fraction of sp³-hybridized carbons (Fsp3) is 0.571. The van der Waals surface area contributed by atoms with Gasteiger partial charge in [-0.05, 0) is 0 Å². The number of hydrogen-bond donors (Lipinski definition) is 5. The van der Waals surface area contributed by atoms with Crippen LogP contribution < -0.4 is 11.1 Å². The van der Waals surface area contributed by atoms with Crippen molar-refractivity contribution in [3.05, 3.63) is 0 Å². The highest BCUT2D eigenvalue weighted by atomic mass is 16.4. The van der Waals surface area contributed by atoms with Gasteiger partial charge in [-0.3, -0.25) is 9.59 Å². The second kappa shape index (κ2) is 5.94. The summed E-state index contributed by atoms with van der Waals surface area (Å²) in [6.45, 7) is -0.648. The zero-order valence-electron chi connectivity index (χ0n) is 7.71. The lowest BCUT2D eigenvalue weighted by Gasteiger charge is -2.14. The van der Waals surface area contributed by atoms with Gasteiger partial charge in [0.05, 0.1) is 13.0 Å². The van der Waals surface area contributed by atoms with E-state index in [1.165, 1.54) is 0 Å². The Bertz CT molecular complexity index is 266. The van der Waals surface area contributed by atoms with Gasteiger partial charge in [-0.1, -0.05) is 0 Å². The van der Waals surface area contributed by atoms with Crippen LogP contribution in [-0.4, -0.2) is 51.9 Å². The highest BCUT2D eigenvalue weighted by Crippen LogP contribution is 1.93. The molecule has 0 aromatic heterocycles. The summed E-state index contributed by atoms with van der Waals surface area (Å²) in [5.74, 6) is -3.75. The van der Waals surface area contributed by atoms with Crippen LogP contribution in [0.2, 0.25) is 0 Å². The first-order chi connectivity index (χ1) is 6.88. The van der Waals surface area contributed by atoms with Crippen molar-refractivity contribution >= 4 is 17.8 Å². The largest absolute Gasteiger partial charge is 0.481 e. The molecule has 0 aliphatic carbocycles. The van der Waals surface area contributed by atoms with E-state index in [-0.39, 0.29) is 0 Å². The van der Waals surface area contributed by atoms with Crippen LogP contribution in [0.15, 0.2) is 0 Å². The molecule has 0 radical (unpaired) electrons. The molecule has 8 heteroatoms. The van der Waals surface area contributed by atoms with Crippen LogP contribution in [0.25, 0.3) is 0 Å². The van der Waals surface area contributed by atoms with Crippen LogP contribution >= 0.6 is 0 Å². The predicted octanol–water partition coefficient (Wildman–Crippen LogP) is -2.65. The lowest BCUT2D eigenvalue weighted by molar-refractivity contribution is -0.147. The van der Waals surface area contributed by atoms with Gasteiger partial charge in [0.1, 0.15) is 12.1 Å². The topological polar surface area (TPSA) is 150 Å². The molecule has 0 fully saturated rings. The number of nitrogens with two attached hydrogens (primary N) is 1. The summed E-state index contributed by atoms with van der Waals surface area (Å²) in [5, 5.41) is 27.3. The number of aliphatic hydroxyl groups is 1. The molecule has 6 N–H and O–H groups in total. The van der Waals surface area contributed by atoms with Gasteiger partial charge < -0.3 is 26.4 Å². The Balaban J connectivity index is 4.35. The number of aliphatic hydroxyl groups excluding tert-OH is 1. The van der Waals surface area contributed by atoms with Gasteiger partial charge in [0, 0.05) is 0 Å². The molecule has 86 valence electrons. The summed E-state index contributed by atoms with van der Waals surface area (Å²) in [6, 6.07) is -2.81. The van der Waals surface area contributed by atoms with Crippen molar-refractivity contribution in [3.63, 3.8) is 0 Å². The number of rotatable bonds is 6. The molecule has 1 amide bonds. The Morgan fingerprint density at radius 3 is 2.13 bits per heavy atom. The molecule has 0 aromatic rings. The standard InChI is InChI=1S/C7H12N2O6/c8-3(2-10)6(13)9-4(7(14)15)1-5(11)12/h3-4,10H,1-2,8H2,(H,9,13)(H,11,12)(H,14,15). The highest BCUT2D eigenvalue weighted by molar-refractivity contribution is 5.89. The van der Waals surface area contributed by atoms with E-state index in [9.17, 15) is 14.4 Å². The third-order valence-electron chi connectivity index (χ3n) is 1.53. The first-order valence-electron chi connectivity index (χ1n) is 4.00. The van der Waals surface area contributed by atoms with Crippen molar-refractivity contribution in [2.24, 2.45) is 5.73 Å². The van der Waals surface area contributed by atoms with E-state index >= 15 is 0 Å². The van der Waals surface area contributed by atoms with E-state index in [0.29, 0.717) is 0 Å². The average Bonchev–Trinajstić information content (AvgIpc) is 2.14. The number of carboxylic acid groups (broad SMARTS) is 2. The fourth-order valence-corrected chi connectivity index (χ4v) is 0.736. The van der Waals surface area contributed by atoms with Gasteiger partial charge in [-0.25, -0.2) is 4.79 Å². The first kappa shape index (κ1) is 13.3. The lowest BCUT2D eigenvalue weighted by Crippen LogP contribution is -2.50. The molecule has 2 atom stereocenters. The van der Waals surface area contributed by atoms with E-state index < -0.39 is 43.0 Å². The van der Waals surface area contributed by atoms with E-state index in [0.717, 1.165) is 0 Å². The molecule has 0 aromatic carbocycles. The minimum atomic E-state index is -1.55. The maximum atomic E-state index is 11.0. The summed E-state index contributed by atoms with van der Waals surface area (Å²) in [5.41, 5.74) is 5.09. The minimum absolute atomic E-state index is 0.648. The molecule has 8 nitrogen and oxygen atoms in total. The van der Waals surface area contributed by atoms with Crippen molar-refractivity contribution in [2.45, 2.75) is 18.5 Å². The number of hydrogen-bond acceptors (Lipinski definition) is 5. The van der Waals surface area contributed by atoms with E-state index in [1.807, 2.05) is 5.32 Å². The second-order valence-corrected chi connectivity index (χ2v) is 2.79.